The van der Waals surface area contributed by atoms with Crippen molar-refractivity contribution >= 4 is 20.2 Å². The van der Waals surface area contributed by atoms with Crippen molar-refractivity contribution in [1.29, 1.82) is 0 Å². The largest absolute Gasteiger partial charge is 2.00 e. The standard InChI is InChI=1S/C15H34N2.2CHF3O3S.Cu/c1-12(2)16(13(3)4)10-9-11-17(14(5)6)15(7)8;2*2-1(3,4)8(5,6)7;/h12-15H,9-11H2,1-8H3;2*(H,5,6,7);/q;;;+2/p-2. The van der Waals surface area contributed by atoms with E-state index in [4.69, 9.17) is 25.9 Å². The van der Waals surface area contributed by atoms with Crippen molar-refractivity contribution in [3.05, 3.63) is 0 Å². The molecule has 0 heterocycles. The normalized spacial score (nSPS) is 13.1. The van der Waals surface area contributed by atoms with Crippen LogP contribution >= 0.6 is 0 Å². The SMILES string of the molecule is CC(C)N(CCCN(C(C)C)C(C)C)C(C)C.O=S(=O)([O-])C(F)(F)F.O=S(=O)([O-])C(F)(F)F.[Cu+2]. The Balaban J connectivity index is -0.000000222. The molecule has 0 N–H and O–H groups in total. The molecule has 0 aliphatic rings. The maximum atomic E-state index is 10.7. The van der Waals surface area contributed by atoms with E-state index in [1.165, 1.54) is 19.5 Å². The van der Waals surface area contributed by atoms with Crippen molar-refractivity contribution in [2.24, 2.45) is 0 Å². The summed E-state index contributed by atoms with van der Waals surface area (Å²) in [6.45, 7) is 20.8. The Morgan fingerprint density at radius 1 is 0.588 bits per heavy atom. The molecule has 0 saturated heterocycles. The average Bonchev–Trinajstić information content (AvgIpc) is 2.50. The summed E-state index contributed by atoms with van der Waals surface area (Å²) in [6, 6.07) is 2.62. The van der Waals surface area contributed by atoms with Gasteiger partial charge in [-0.05, 0) is 74.9 Å². The van der Waals surface area contributed by atoms with Gasteiger partial charge in [-0.1, -0.05) is 0 Å². The van der Waals surface area contributed by atoms with Crippen molar-refractivity contribution in [2.75, 3.05) is 13.1 Å². The second-order valence-corrected chi connectivity index (χ2v) is 10.7. The molecule has 0 aromatic heterocycles. The first-order valence-corrected chi connectivity index (χ1v) is 12.6. The van der Waals surface area contributed by atoms with Crippen LogP contribution in [0, 0.1) is 0 Å². The summed E-state index contributed by atoms with van der Waals surface area (Å²) in [5.74, 6) is 0. The van der Waals surface area contributed by atoms with E-state index in [0.29, 0.717) is 24.2 Å². The molecule has 0 rings (SSSR count). The molecule has 0 fully saturated rings. The van der Waals surface area contributed by atoms with E-state index in [2.05, 4.69) is 65.2 Å². The smallest absolute Gasteiger partial charge is 0.741 e. The van der Waals surface area contributed by atoms with Crippen LogP contribution in [0.4, 0.5) is 26.3 Å². The van der Waals surface area contributed by atoms with Crippen molar-refractivity contribution in [3.63, 3.8) is 0 Å². The molecule has 0 amide bonds. The summed E-state index contributed by atoms with van der Waals surface area (Å²) in [6.07, 6.45) is 1.27. The minimum absolute atomic E-state index is 0. The molecule has 17 heteroatoms. The summed E-state index contributed by atoms with van der Waals surface area (Å²) >= 11 is 0. The van der Waals surface area contributed by atoms with Crippen LogP contribution in [0.5, 0.6) is 0 Å². The summed E-state index contributed by atoms with van der Waals surface area (Å²) in [7, 11) is -12.2. The van der Waals surface area contributed by atoms with Crippen molar-refractivity contribution in [1.82, 2.24) is 9.80 Å². The van der Waals surface area contributed by atoms with Crippen LogP contribution in [-0.4, -0.2) is 84.0 Å². The maximum absolute atomic E-state index is 10.7. The fourth-order valence-corrected chi connectivity index (χ4v) is 2.66. The minimum Gasteiger partial charge on any atom is -0.741 e. The third kappa shape index (κ3) is 19.1. The van der Waals surface area contributed by atoms with Gasteiger partial charge in [0.15, 0.2) is 20.2 Å². The molecule has 1 radical (unpaired) electrons. The Kier molecular flexibility index (Phi) is 20.0. The van der Waals surface area contributed by atoms with Crippen LogP contribution in [0.2, 0.25) is 0 Å². The van der Waals surface area contributed by atoms with E-state index in [1.807, 2.05) is 0 Å². The molecular weight excluding hydrogens is 570 g/mol. The predicted octanol–water partition coefficient (Wildman–Crippen LogP) is 3.71. The number of halogens is 6. The summed E-state index contributed by atoms with van der Waals surface area (Å²) in [5, 5.41) is 0. The molecule has 0 saturated carbocycles. The van der Waals surface area contributed by atoms with Gasteiger partial charge in [-0.3, -0.25) is 9.80 Å². The fourth-order valence-electron chi connectivity index (χ4n) is 2.66. The van der Waals surface area contributed by atoms with Gasteiger partial charge in [-0.15, -0.1) is 0 Å². The molecule has 8 nitrogen and oxygen atoms in total. The van der Waals surface area contributed by atoms with Crippen molar-refractivity contribution in [3.8, 4) is 0 Å². The van der Waals surface area contributed by atoms with Crippen LogP contribution in [0.25, 0.3) is 0 Å². The monoisotopic (exact) mass is 603 g/mol. The molecule has 0 spiro atoms. The second kappa shape index (κ2) is 16.6. The predicted molar refractivity (Wildman–Crippen MR) is 110 cm³/mol. The molecule has 0 aromatic carbocycles. The average molecular weight is 604 g/mol. The first-order chi connectivity index (χ1) is 14.3. The van der Waals surface area contributed by atoms with Gasteiger partial charge in [-0.2, -0.15) is 26.3 Å². The van der Waals surface area contributed by atoms with Gasteiger partial charge in [0.2, 0.25) is 0 Å². The molecule has 0 aliphatic carbocycles. The quantitative estimate of drug-likeness (QED) is 0.178. The van der Waals surface area contributed by atoms with Crippen molar-refractivity contribution < 1.29 is 69.4 Å². The fraction of sp³-hybridized carbons (Fsp3) is 1.00. The zero-order valence-corrected chi connectivity index (χ0v) is 22.7. The molecule has 0 unspecified atom stereocenters. The molecular formula is C17H34CuF6N2O6S2. The van der Waals surface area contributed by atoms with Crippen LogP contribution in [0.15, 0.2) is 0 Å². The number of rotatable bonds is 8. The minimum atomic E-state index is -6.09. The van der Waals surface area contributed by atoms with E-state index >= 15 is 0 Å². The zero-order valence-electron chi connectivity index (χ0n) is 20.2. The van der Waals surface area contributed by atoms with E-state index in [1.54, 1.807) is 0 Å². The number of nitrogens with zero attached hydrogens (tertiary/aromatic N) is 2. The van der Waals surface area contributed by atoms with Crippen LogP contribution < -0.4 is 0 Å². The van der Waals surface area contributed by atoms with Crippen LogP contribution in [0.3, 0.4) is 0 Å². The third-order valence-electron chi connectivity index (χ3n) is 4.05. The summed E-state index contributed by atoms with van der Waals surface area (Å²) < 4.78 is 118. The number of hydrogen-bond donors (Lipinski definition) is 0. The summed E-state index contributed by atoms with van der Waals surface area (Å²) in [4.78, 5) is 5.16. The number of alkyl halides is 6. The molecule has 0 bridgehead atoms. The molecule has 0 atom stereocenters. The van der Waals surface area contributed by atoms with Gasteiger partial charge in [0.1, 0.15) is 0 Å². The van der Waals surface area contributed by atoms with Crippen LogP contribution in [0.1, 0.15) is 61.8 Å². The molecule has 0 aromatic rings. The first-order valence-electron chi connectivity index (χ1n) is 9.83. The zero-order chi connectivity index (χ0) is 27.6. The van der Waals surface area contributed by atoms with Gasteiger partial charge in [0.05, 0.1) is 0 Å². The number of hydrogen-bond acceptors (Lipinski definition) is 8. The van der Waals surface area contributed by atoms with Gasteiger partial charge in [0, 0.05) is 24.2 Å². The van der Waals surface area contributed by atoms with Gasteiger partial charge < -0.3 is 9.11 Å². The van der Waals surface area contributed by atoms with Gasteiger partial charge >= 0.3 is 28.1 Å². The third-order valence-corrected chi connectivity index (χ3v) is 5.19. The van der Waals surface area contributed by atoms with Crippen molar-refractivity contribution in [2.45, 2.75) is 97.0 Å². The Bertz CT molecular complexity index is 665. The second-order valence-electron chi connectivity index (χ2n) is 8.00. The molecule has 0 aliphatic heterocycles. The molecule has 213 valence electrons. The Labute approximate surface area is 209 Å². The maximum Gasteiger partial charge on any atom is 2.00 e. The summed E-state index contributed by atoms with van der Waals surface area (Å²) in [5.41, 5.74) is -11.3. The van der Waals surface area contributed by atoms with E-state index in [9.17, 15) is 26.3 Å². The van der Waals surface area contributed by atoms with Gasteiger partial charge in [-0.25, -0.2) is 16.8 Å². The van der Waals surface area contributed by atoms with E-state index < -0.39 is 31.3 Å². The van der Waals surface area contributed by atoms with E-state index in [0.717, 1.165) is 0 Å². The first kappa shape index (κ1) is 41.0. The topological polar surface area (TPSA) is 121 Å². The Morgan fingerprint density at radius 2 is 0.735 bits per heavy atom. The molecule has 34 heavy (non-hydrogen) atoms. The van der Waals surface area contributed by atoms with Gasteiger partial charge in [0.25, 0.3) is 0 Å². The Morgan fingerprint density at radius 3 is 0.824 bits per heavy atom. The Hall–Kier alpha value is -0.161. The van der Waals surface area contributed by atoms with E-state index in [-0.39, 0.29) is 17.1 Å². The van der Waals surface area contributed by atoms with Crippen LogP contribution in [-0.2, 0) is 37.3 Å².